The average molecular weight is 183 g/mol. The third-order valence-electron chi connectivity index (χ3n) is 3.27. The van der Waals surface area contributed by atoms with Gasteiger partial charge < -0.3 is 10.1 Å². The number of hydrogen-bond donors (Lipinski definition) is 1. The lowest BCUT2D eigenvalue weighted by atomic mass is 10.0. The largest absolute Gasteiger partial charge is 0.378 e. The zero-order valence-electron chi connectivity index (χ0n) is 8.43. The molecule has 13 heavy (non-hydrogen) atoms. The maximum Gasteiger partial charge on any atom is 0.0576 e. The molecule has 0 aromatic rings. The minimum Gasteiger partial charge on any atom is -0.378 e. The lowest BCUT2D eigenvalue weighted by molar-refractivity contribution is 0.101. The first kappa shape index (κ1) is 9.47. The number of ether oxygens (including phenoxy) is 1. The van der Waals surface area contributed by atoms with Crippen LogP contribution in [0.25, 0.3) is 0 Å². The van der Waals surface area contributed by atoms with Gasteiger partial charge in [-0.2, -0.15) is 0 Å². The standard InChI is InChI=1S/C11H21NO/c1(4-10-5-2-8-12-10)6-11-7-3-9-13-11/h10-12H,1-9H2. The van der Waals surface area contributed by atoms with Crippen molar-refractivity contribution < 1.29 is 4.74 Å². The fraction of sp³-hybridized carbons (Fsp3) is 1.00. The van der Waals surface area contributed by atoms with Crippen LogP contribution in [-0.2, 0) is 4.74 Å². The van der Waals surface area contributed by atoms with Gasteiger partial charge >= 0.3 is 0 Å². The summed E-state index contributed by atoms with van der Waals surface area (Å²) in [5, 5.41) is 3.54. The molecular formula is C11H21NO. The van der Waals surface area contributed by atoms with Crippen LogP contribution in [0.4, 0.5) is 0 Å². The summed E-state index contributed by atoms with van der Waals surface area (Å²) in [6.07, 6.45) is 9.96. The second kappa shape index (κ2) is 4.97. The molecule has 0 aromatic carbocycles. The van der Waals surface area contributed by atoms with Crippen LogP contribution in [0, 0.1) is 0 Å². The molecule has 2 heteroatoms. The van der Waals surface area contributed by atoms with Crippen LogP contribution < -0.4 is 5.32 Å². The van der Waals surface area contributed by atoms with Crippen molar-refractivity contribution in [1.82, 2.24) is 5.32 Å². The van der Waals surface area contributed by atoms with Crippen molar-refractivity contribution in [3.05, 3.63) is 0 Å². The van der Waals surface area contributed by atoms with E-state index in [4.69, 9.17) is 4.74 Å². The van der Waals surface area contributed by atoms with E-state index in [-0.39, 0.29) is 0 Å². The minimum absolute atomic E-state index is 0.599. The van der Waals surface area contributed by atoms with Crippen LogP contribution in [0.2, 0.25) is 0 Å². The fourth-order valence-corrected chi connectivity index (χ4v) is 2.47. The maximum atomic E-state index is 5.60. The highest BCUT2D eigenvalue weighted by molar-refractivity contribution is 4.75. The number of hydrogen-bond acceptors (Lipinski definition) is 2. The highest BCUT2D eigenvalue weighted by Crippen LogP contribution is 2.19. The normalized spacial score (nSPS) is 34.2. The van der Waals surface area contributed by atoms with Gasteiger partial charge in [-0.05, 0) is 51.5 Å². The lowest BCUT2D eigenvalue weighted by Gasteiger charge is -2.12. The van der Waals surface area contributed by atoms with E-state index in [1.807, 2.05) is 0 Å². The third kappa shape index (κ3) is 2.96. The van der Waals surface area contributed by atoms with Crippen molar-refractivity contribution in [2.24, 2.45) is 0 Å². The molecule has 0 spiro atoms. The zero-order chi connectivity index (χ0) is 8.93. The zero-order valence-corrected chi connectivity index (χ0v) is 8.43. The molecule has 2 aliphatic heterocycles. The monoisotopic (exact) mass is 183 g/mol. The van der Waals surface area contributed by atoms with Crippen LogP contribution >= 0.6 is 0 Å². The van der Waals surface area contributed by atoms with Gasteiger partial charge in [-0.15, -0.1) is 0 Å². The van der Waals surface area contributed by atoms with Gasteiger partial charge in [-0.25, -0.2) is 0 Å². The molecule has 2 aliphatic rings. The molecule has 2 heterocycles. The summed E-state index contributed by atoms with van der Waals surface area (Å²) in [5.74, 6) is 0. The molecule has 2 unspecified atom stereocenters. The molecule has 76 valence electrons. The van der Waals surface area contributed by atoms with Crippen LogP contribution in [0.3, 0.4) is 0 Å². The lowest BCUT2D eigenvalue weighted by Crippen LogP contribution is -2.21. The van der Waals surface area contributed by atoms with Gasteiger partial charge in [0.2, 0.25) is 0 Å². The first-order valence-corrected chi connectivity index (χ1v) is 5.80. The van der Waals surface area contributed by atoms with E-state index in [0.717, 1.165) is 12.6 Å². The molecule has 0 amide bonds. The third-order valence-corrected chi connectivity index (χ3v) is 3.27. The van der Waals surface area contributed by atoms with Gasteiger partial charge in [-0.1, -0.05) is 0 Å². The van der Waals surface area contributed by atoms with E-state index in [1.165, 1.54) is 51.5 Å². The number of nitrogens with one attached hydrogen (secondary N) is 1. The quantitative estimate of drug-likeness (QED) is 0.720. The van der Waals surface area contributed by atoms with Crippen LogP contribution in [0.5, 0.6) is 0 Å². The maximum absolute atomic E-state index is 5.60. The van der Waals surface area contributed by atoms with E-state index >= 15 is 0 Å². The Bertz CT molecular complexity index is 121. The summed E-state index contributed by atoms with van der Waals surface area (Å²) in [6, 6.07) is 0.821. The summed E-state index contributed by atoms with van der Waals surface area (Å²) >= 11 is 0. The van der Waals surface area contributed by atoms with Gasteiger partial charge in [0.15, 0.2) is 0 Å². The van der Waals surface area contributed by atoms with Crippen LogP contribution in [-0.4, -0.2) is 25.3 Å². The van der Waals surface area contributed by atoms with Crippen molar-refractivity contribution in [2.75, 3.05) is 13.2 Å². The average Bonchev–Trinajstić information content (AvgIpc) is 2.75. The predicted octanol–water partition coefficient (Wildman–Crippen LogP) is 2.09. The molecular weight excluding hydrogens is 162 g/mol. The van der Waals surface area contributed by atoms with Crippen molar-refractivity contribution >= 4 is 0 Å². The van der Waals surface area contributed by atoms with E-state index in [1.54, 1.807) is 0 Å². The highest BCUT2D eigenvalue weighted by atomic mass is 16.5. The molecule has 2 saturated heterocycles. The topological polar surface area (TPSA) is 21.3 Å². The molecule has 2 fully saturated rings. The van der Waals surface area contributed by atoms with Crippen LogP contribution in [0.1, 0.15) is 44.9 Å². The Morgan fingerprint density at radius 2 is 2.15 bits per heavy atom. The Hall–Kier alpha value is -0.0800. The van der Waals surface area contributed by atoms with E-state index in [9.17, 15) is 0 Å². The Kier molecular flexibility index (Phi) is 3.62. The summed E-state index contributed by atoms with van der Waals surface area (Å²) in [5.41, 5.74) is 0. The van der Waals surface area contributed by atoms with Crippen molar-refractivity contribution in [2.45, 2.75) is 57.1 Å². The van der Waals surface area contributed by atoms with Crippen molar-refractivity contribution in [3.63, 3.8) is 0 Å². The van der Waals surface area contributed by atoms with Crippen molar-refractivity contribution in [1.29, 1.82) is 0 Å². The van der Waals surface area contributed by atoms with Crippen molar-refractivity contribution in [3.8, 4) is 0 Å². The summed E-state index contributed by atoms with van der Waals surface area (Å²) in [7, 11) is 0. The first-order chi connectivity index (χ1) is 6.45. The molecule has 2 rings (SSSR count). The molecule has 0 saturated carbocycles. The Morgan fingerprint density at radius 1 is 1.15 bits per heavy atom. The van der Waals surface area contributed by atoms with E-state index < -0.39 is 0 Å². The Balaban J connectivity index is 1.52. The van der Waals surface area contributed by atoms with Gasteiger partial charge in [0.1, 0.15) is 0 Å². The molecule has 2 atom stereocenters. The second-order valence-corrected chi connectivity index (χ2v) is 4.36. The smallest absolute Gasteiger partial charge is 0.0576 e. The summed E-state index contributed by atoms with van der Waals surface area (Å²) in [6.45, 7) is 2.25. The predicted molar refractivity (Wildman–Crippen MR) is 53.8 cm³/mol. The molecule has 1 N–H and O–H groups in total. The van der Waals surface area contributed by atoms with Gasteiger partial charge in [0.25, 0.3) is 0 Å². The summed E-state index contributed by atoms with van der Waals surface area (Å²) < 4.78 is 5.60. The Labute approximate surface area is 81.0 Å². The summed E-state index contributed by atoms with van der Waals surface area (Å²) in [4.78, 5) is 0. The molecule has 0 radical (unpaired) electrons. The second-order valence-electron chi connectivity index (χ2n) is 4.36. The highest BCUT2D eigenvalue weighted by Gasteiger charge is 2.17. The van der Waals surface area contributed by atoms with Gasteiger partial charge in [-0.3, -0.25) is 0 Å². The minimum atomic E-state index is 0.599. The van der Waals surface area contributed by atoms with E-state index in [2.05, 4.69) is 5.32 Å². The Morgan fingerprint density at radius 3 is 2.85 bits per heavy atom. The van der Waals surface area contributed by atoms with Gasteiger partial charge in [0, 0.05) is 12.6 Å². The number of rotatable bonds is 4. The van der Waals surface area contributed by atoms with Gasteiger partial charge in [0.05, 0.1) is 6.10 Å². The fourth-order valence-electron chi connectivity index (χ4n) is 2.47. The first-order valence-electron chi connectivity index (χ1n) is 5.80. The molecule has 0 aromatic heterocycles. The van der Waals surface area contributed by atoms with E-state index in [0.29, 0.717) is 6.10 Å². The van der Waals surface area contributed by atoms with Crippen LogP contribution in [0.15, 0.2) is 0 Å². The molecule has 0 bridgehead atoms. The SMILES string of the molecule is C1CNC(CCCC2CCCO2)C1. The molecule has 0 aliphatic carbocycles. The molecule has 2 nitrogen and oxygen atoms in total.